The number of rotatable bonds is 5. The van der Waals surface area contributed by atoms with Crippen molar-refractivity contribution in [1.29, 1.82) is 0 Å². The van der Waals surface area contributed by atoms with E-state index < -0.39 is 0 Å². The van der Waals surface area contributed by atoms with Gasteiger partial charge in [0.1, 0.15) is 11.2 Å². The second-order valence-electron chi connectivity index (χ2n) is 15.4. The van der Waals surface area contributed by atoms with Crippen molar-refractivity contribution >= 4 is 44.1 Å². The summed E-state index contributed by atoms with van der Waals surface area (Å²) < 4.78 is 6.17. The molecule has 2 atom stereocenters. The average molecular weight is 672 g/mol. The van der Waals surface area contributed by atoms with Gasteiger partial charge in [-0.1, -0.05) is 141 Å². The predicted molar refractivity (Wildman–Crippen MR) is 219 cm³/mol. The smallest absolute Gasteiger partial charge is 0.136 e. The van der Waals surface area contributed by atoms with Crippen LogP contribution in [0.3, 0.4) is 0 Å². The van der Waals surface area contributed by atoms with E-state index in [0.717, 1.165) is 24.0 Å². The average Bonchev–Trinajstić information content (AvgIpc) is 3.67. The van der Waals surface area contributed by atoms with E-state index in [-0.39, 0.29) is 5.41 Å². The van der Waals surface area contributed by atoms with Gasteiger partial charge in [-0.2, -0.15) is 0 Å². The van der Waals surface area contributed by atoms with E-state index >= 15 is 0 Å². The molecule has 0 aliphatic heterocycles. The van der Waals surface area contributed by atoms with Crippen molar-refractivity contribution in [2.45, 2.75) is 33.6 Å². The summed E-state index contributed by atoms with van der Waals surface area (Å²) in [4.78, 5) is 2.48. The number of fused-ring (bicyclic) bond motifs is 7. The van der Waals surface area contributed by atoms with Gasteiger partial charge in [-0.15, -0.1) is 0 Å². The van der Waals surface area contributed by atoms with Gasteiger partial charge < -0.3 is 9.32 Å². The van der Waals surface area contributed by atoms with Gasteiger partial charge in [0.2, 0.25) is 0 Å². The SMILES string of the molecule is CC1C=CC2=C(C1)C(C)(C)C1=CC=C(N(c3ccc(-c4ccccc4)cc3)c3ccc(-c4ccc5c(ccc6oc7ccccc7c65)c4)cc3)CC12. The predicted octanol–water partition coefficient (Wildman–Crippen LogP) is 14.0. The van der Waals surface area contributed by atoms with E-state index in [1.165, 1.54) is 60.9 Å². The first-order valence-corrected chi connectivity index (χ1v) is 18.7. The Morgan fingerprint density at radius 1 is 0.615 bits per heavy atom. The summed E-state index contributed by atoms with van der Waals surface area (Å²) in [6, 6.07) is 48.3. The highest BCUT2D eigenvalue weighted by Crippen LogP contribution is 2.57. The van der Waals surface area contributed by atoms with Crippen molar-refractivity contribution in [2.75, 3.05) is 4.90 Å². The van der Waals surface area contributed by atoms with Gasteiger partial charge in [-0.25, -0.2) is 0 Å². The summed E-state index contributed by atoms with van der Waals surface area (Å²) in [5.74, 6) is 1.01. The Hall–Kier alpha value is -5.86. The molecule has 0 saturated heterocycles. The Labute approximate surface area is 305 Å². The van der Waals surface area contributed by atoms with Crippen LogP contribution in [-0.2, 0) is 0 Å². The number of allylic oxidation sites excluding steroid dienone is 8. The Balaban J connectivity index is 1.03. The molecule has 10 rings (SSSR count). The minimum Gasteiger partial charge on any atom is -0.456 e. The zero-order chi connectivity index (χ0) is 35.0. The van der Waals surface area contributed by atoms with Crippen molar-refractivity contribution in [1.82, 2.24) is 0 Å². The Kier molecular flexibility index (Phi) is 7.05. The quantitative estimate of drug-likeness (QED) is 0.181. The van der Waals surface area contributed by atoms with E-state index in [1.807, 2.05) is 12.1 Å². The molecule has 0 spiro atoms. The third-order valence-electron chi connectivity index (χ3n) is 11.9. The summed E-state index contributed by atoms with van der Waals surface area (Å²) in [5, 5.41) is 4.79. The number of benzene rings is 6. The molecule has 252 valence electrons. The van der Waals surface area contributed by atoms with Gasteiger partial charge in [0.25, 0.3) is 0 Å². The van der Waals surface area contributed by atoms with Gasteiger partial charge >= 0.3 is 0 Å². The molecule has 1 heterocycles. The highest BCUT2D eigenvalue weighted by molar-refractivity contribution is 6.19. The fourth-order valence-electron chi connectivity index (χ4n) is 9.22. The third kappa shape index (κ3) is 4.93. The molecule has 0 amide bonds. The summed E-state index contributed by atoms with van der Waals surface area (Å²) in [7, 11) is 0. The number of furan rings is 1. The van der Waals surface area contributed by atoms with E-state index in [1.54, 1.807) is 16.7 Å². The molecule has 2 unspecified atom stereocenters. The Morgan fingerprint density at radius 3 is 2.06 bits per heavy atom. The number of anilines is 2. The van der Waals surface area contributed by atoms with E-state index in [0.29, 0.717) is 11.8 Å². The van der Waals surface area contributed by atoms with Gasteiger partial charge in [-0.3, -0.25) is 0 Å². The lowest BCUT2D eigenvalue weighted by Gasteiger charge is -2.34. The van der Waals surface area contributed by atoms with Crippen molar-refractivity contribution in [3.8, 4) is 22.3 Å². The zero-order valence-corrected chi connectivity index (χ0v) is 29.9. The number of hydrogen-bond acceptors (Lipinski definition) is 2. The van der Waals surface area contributed by atoms with Gasteiger partial charge in [0.15, 0.2) is 0 Å². The van der Waals surface area contributed by atoms with Crippen LogP contribution in [-0.4, -0.2) is 0 Å². The summed E-state index contributed by atoms with van der Waals surface area (Å²) in [6.07, 6.45) is 11.8. The molecule has 0 fully saturated rings. The Bertz CT molecular complexity index is 2650. The van der Waals surface area contributed by atoms with Gasteiger partial charge in [0, 0.05) is 39.2 Å². The zero-order valence-electron chi connectivity index (χ0n) is 29.9. The fraction of sp³-hybridized carbons (Fsp3) is 0.160. The lowest BCUT2D eigenvalue weighted by molar-refractivity contribution is 0.486. The third-order valence-corrected chi connectivity index (χ3v) is 11.9. The second-order valence-corrected chi connectivity index (χ2v) is 15.4. The van der Waals surface area contributed by atoms with Crippen LogP contribution in [0, 0.1) is 17.3 Å². The molecule has 0 radical (unpaired) electrons. The summed E-state index contributed by atoms with van der Waals surface area (Å²) >= 11 is 0. The maximum atomic E-state index is 6.17. The number of para-hydroxylation sites is 1. The standard InChI is InChI=1S/C50H41NO/c1-32-13-25-42-44-31-40(24-27-45(44)50(2,3)46(42)29-32)51(38-20-14-34(15-21-38)33-9-5-4-6-10-33)39-22-16-35(17-23-39)36-18-26-41-37(30-36)19-28-48-49(41)43-11-7-8-12-47(43)52-48/h4-28,30,32,44H,29,31H2,1-3H3. The number of hydrogen-bond donors (Lipinski definition) is 0. The van der Waals surface area contributed by atoms with Crippen LogP contribution in [0.4, 0.5) is 11.4 Å². The molecule has 52 heavy (non-hydrogen) atoms. The van der Waals surface area contributed by atoms with Crippen LogP contribution < -0.4 is 4.90 Å². The first-order chi connectivity index (χ1) is 25.4. The molecule has 0 saturated carbocycles. The van der Waals surface area contributed by atoms with Crippen LogP contribution in [0.2, 0.25) is 0 Å². The fourth-order valence-corrected chi connectivity index (χ4v) is 9.22. The first-order valence-electron chi connectivity index (χ1n) is 18.7. The van der Waals surface area contributed by atoms with Crippen molar-refractivity contribution in [3.63, 3.8) is 0 Å². The molecule has 7 aromatic rings. The minimum atomic E-state index is 0.0984. The molecule has 0 bridgehead atoms. The van der Waals surface area contributed by atoms with E-state index in [4.69, 9.17) is 4.42 Å². The van der Waals surface area contributed by atoms with Crippen LogP contribution in [0.25, 0.3) is 55.0 Å². The van der Waals surface area contributed by atoms with Crippen LogP contribution in [0.1, 0.15) is 33.6 Å². The molecular weight excluding hydrogens is 631 g/mol. The molecule has 2 nitrogen and oxygen atoms in total. The molecular formula is C50H41NO. The maximum absolute atomic E-state index is 6.17. The monoisotopic (exact) mass is 671 g/mol. The molecule has 3 aliphatic carbocycles. The molecule has 2 heteroatoms. The molecule has 3 aliphatic rings. The Morgan fingerprint density at radius 2 is 1.29 bits per heavy atom. The van der Waals surface area contributed by atoms with Crippen molar-refractivity contribution in [3.05, 3.63) is 180 Å². The lowest BCUT2D eigenvalue weighted by Crippen LogP contribution is -2.23. The highest BCUT2D eigenvalue weighted by Gasteiger charge is 2.45. The molecule has 6 aromatic carbocycles. The number of nitrogens with zero attached hydrogens (tertiary/aromatic N) is 1. The van der Waals surface area contributed by atoms with Crippen LogP contribution >= 0.6 is 0 Å². The van der Waals surface area contributed by atoms with Crippen LogP contribution in [0.15, 0.2) is 185 Å². The topological polar surface area (TPSA) is 16.4 Å². The molecule has 1 aromatic heterocycles. The van der Waals surface area contributed by atoms with E-state index in [2.05, 4.69) is 171 Å². The summed E-state index contributed by atoms with van der Waals surface area (Å²) in [5.41, 5.74) is 15.3. The van der Waals surface area contributed by atoms with E-state index in [9.17, 15) is 0 Å². The maximum Gasteiger partial charge on any atom is 0.136 e. The minimum absolute atomic E-state index is 0.0984. The van der Waals surface area contributed by atoms with Crippen LogP contribution in [0.5, 0.6) is 0 Å². The largest absolute Gasteiger partial charge is 0.456 e. The van der Waals surface area contributed by atoms with Gasteiger partial charge in [-0.05, 0) is 106 Å². The summed E-state index contributed by atoms with van der Waals surface area (Å²) in [6.45, 7) is 7.22. The first kappa shape index (κ1) is 30.9. The van der Waals surface area contributed by atoms with Gasteiger partial charge in [0.05, 0.1) is 0 Å². The lowest BCUT2D eigenvalue weighted by atomic mass is 9.75. The van der Waals surface area contributed by atoms with Crippen molar-refractivity contribution < 1.29 is 4.42 Å². The highest BCUT2D eigenvalue weighted by atomic mass is 16.3. The van der Waals surface area contributed by atoms with Crippen molar-refractivity contribution in [2.24, 2.45) is 17.3 Å². The molecule has 0 N–H and O–H groups in total. The normalized spacial score (nSPS) is 19.1. The second kappa shape index (κ2) is 11.9.